The molecule has 0 bridgehead atoms. The average Bonchev–Trinajstić information content (AvgIpc) is 3.70. The van der Waals surface area contributed by atoms with Gasteiger partial charge in [0.05, 0.1) is 15.9 Å². The first kappa shape index (κ1) is 30.5. The van der Waals surface area contributed by atoms with Crippen LogP contribution < -0.4 is 5.32 Å². The molecule has 4 aromatic rings. The van der Waals surface area contributed by atoms with Crippen molar-refractivity contribution in [3.05, 3.63) is 59.5 Å². The maximum Gasteiger partial charge on any atom is 0.410 e. The van der Waals surface area contributed by atoms with Crippen LogP contribution in [0.4, 0.5) is 13.6 Å². The van der Waals surface area contributed by atoms with Crippen LogP contribution in [0.25, 0.3) is 26.4 Å². The predicted molar refractivity (Wildman–Crippen MR) is 169 cm³/mol. The number of alkyl halides is 1. The van der Waals surface area contributed by atoms with Crippen molar-refractivity contribution in [3.63, 3.8) is 0 Å². The number of hydrogen-bond acceptors (Lipinski definition) is 6. The van der Waals surface area contributed by atoms with Crippen LogP contribution in [0.1, 0.15) is 68.3 Å². The van der Waals surface area contributed by atoms with Crippen LogP contribution in [-0.4, -0.2) is 82.2 Å². The molecule has 8 nitrogen and oxygen atoms in total. The highest BCUT2D eigenvalue weighted by molar-refractivity contribution is 7.23. The van der Waals surface area contributed by atoms with Gasteiger partial charge in [0, 0.05) is 56.0 Å². The zero-order chi connectivity index (χ0) is 31.0. The fourth-order valence-corrected chi connectivity index (χ4v) is 7.07. The first-order valence-corrected chi connectivity index (χ1v) is 16.2. The van der Waals surface area contributed by atoms with Crippen molar-refractivity contribution in [2.75, 3.05) is 39.3 Å². The van der Waals surface area contributed by atoms with Gasteiger partial charge < -0.3 is 19.9 Å². The lowest BCUT2D eigenvalue weighted by molar-refractivity contribution is 0.0292. The topological polar surface area (TPSA) is 79.2 Å². The standard InChI is InChI=1S/C33H39F2N5O3S/c1-33(2,3)43-32(42)39-16-9-23(19-39)21-5-7-25(26(35)17-21)27-20-40-28-8-6-22(18-29(28)44-31(40)37-27)30(41)36-12-4-13-38-14-10-24(34)11-15-38/h5-8,17-18,20,23-24H,4,9-16,19H2,1-3H3,(H,36,41)/t23-/m0/s1. The van der Waals surface area contributed by atoms with Gasteiger partial charge in [0.2, 0.25) is 0 Å². The van der Waals surface area contributed by atoms with Crippen molar-refractivity contribution in [1.29, 1.82) is 0 Å². The molecule has 44 heavy (non-hydrogen) atoms. The summed E-state index contributed by atoms with van der Waals surface area (Å²) in [4.78, 5) is 34.6. The average molecular weight is 624 g/mol. The van der Waals surface area contributed by atoms with Crippen molar-refractivity contribution >= 4 is 38.5 Å². The number of halogens is 2. The summed E-state index contributed by atoms with van der Waals surface area (Å²) in [7, 11) is 0. The number of carbonyl (C=O) groups excluding carboxylic acids is 2. The number of carbonyl (C=O) groups is 2. The summed E-state index contributed by atoms with van der Waals surface area (Å²) in [6.07, 6.45) is 3.59. The van der Waals surface area contributed by atoms with E-state index in [0.29, 0.717) is 49.3 Å². The Balaban J connectivity index is 1.08. The predicted octanol–water partition coefficient (Wildman–Crippen LogP) is 6.63. The zero-order valence-corrected chi connectivity index (χ0v) is 26.3. The second-order valence-corrected chi connectivity index (χ2v) is 13.8. The molecule has 2 fully saturated rings. The number of aromatic nitrogens is 2. The minimum absolute atomic E-state index is 0.0482. The summed E-state index contributed by atoms with van der Waals surface area (Å²) in [5, 5.41) is 2.99. The van der Waals surface area contributed by atoms with E-state index in [4.69, 9.17) is 9.72 Å². The molecule has 2 saturated heterocycles. The molecule has 0 spiro atoms. The van der Waals surface area contributed by atoms with E-state index in [-0.39, 0.29) is 23.7 Å². The maximum atomic E-state index is 15.4. The monoisotopic (exact) mass is 623 g/mol. The Kier molecular flexibility index (Phi) is 8.61. The van der Waals surface area contributed by atoms with Gasteiger partial charge in [0.25, 0.3) is 5.91 Å². The van der Waals surface area contributed by atoms with Crippen molar-refractivity contribution in [3.8, 4) is 11.3 Å². The largest absolute Gasteiger partial charge is 0.444 e. The number of likely N-dealkylation sites (tertiary alicyclic amines) is 2. The third-order valence-corrected chi connectivity index (χ3v) is 9.41. The van der Waals surface area contributed by atoms with Crippen LogP contribution in [0, 0.1) is 5.82 Å². The van der Waals surface area contributed by atoms with Gasteiger partial charge in [-0.25, -0.2) is 18.6 Å². The molecular formula is C33H39F2N5O3S. The molecule has 11 heteroatoms. The molecule has 0 unspecified atom stereocenters. The molecule has 2 aliphatic rings. The normalized spacial score (nSPS) is 18.4. The molecule has 1 atom stereocenters. The molecule has 2 aromatic heterocycles. The number of amides is 2. The Hall–Kier alpha value is -3.57. The Morgan fingerprint density at radius 3 is 2.64 bits per heavy atom. The molecule has 2 aromatic carbocycles. The fraction of sp³-hybridized carbons (Fsp3) is 0.485. The summed E-state index contributed by atoms with van der Waals surface area (Å²) in [6.45, 7) is 9.60. The molecule has 1 N–H and O–H groups in total. The molecule has 2 amide bonds. The summed E-state index contributed by atoms with van der Waals surface area (Å²) in [6, 6.07) is 10.8. The molecule has 6 rings (SSSR count). The van der Waals surface area contributed by atoms with Crippen molar-refractivity contribution in [1.82, 2.24) is 24.5 Å². The van der Waals surface area contributed by atoms with Crippen molar-refractivity contribution in [2.45, 2.75) is 64.1 Å². The van der Waals surface area contributed by atoms with Gasteiger partial charge >= 0.3 is 6.09 Å². The van der Waals surface area contributed by atoms with E-state index in [0.717, 1.165) is 53.2 Å². The highest BCUT2D eigenvalue weighted by Crippen LogP contribution is 2.34. The van der Waals surface area contributed by atoms with Gasteiger partial charge in [-0.2, -0.15) is 0 Å². The summed E-state index contributed by atoms with van der Waals surface area (Å²) < 4.78 is 37.1. The first-order chi connectivity index (χ1) is 21.0. The minimum Gasteiger partial charge on any atom is -0.444 e. The van der Waals surface area contributed by atoms with E-state index >= 15 is 4.39 Å². The van der Waals surface area contributed by atoms with Gasteiger partial charge in [0.15, 0.2) is 4.96 Å². The van der Waals surface area contributed by atoms with E-state index in [2.05, 4.69) is 10.2 Å². The third-order valence-electron chi connectivity index (χ3n) is 8.39. The van der Waals surface area contributed by atoms with Crippen molar-refractivity contribution < 1.29 is 23.1 Å². The summed E-state index contributed by atoms with van der Waals surface area (Å²) >= 11 is 1.45. The number of fused-ring (bicyclic) bond motifs is 3. The minimum atomic E-state index is -0.677. The van der Waals surface area contributed by atoms with Crippen LogP contribution in [0.5, 0.6) is 0 Å². The highest BCUT2D eigenvalue weighted by Gasteiger charge is 2.31. The Morgan fingerprint density at radius 1 is 1.09 bits per heavy atom. The number of nitrogens with zero attached hydrogens (tertiary/aromatic N) is 4. The fourth-order valence-electron chi connectivity index (χ4n) is 6.02. The number of rotatable bonds is 7. The second-order valence-electron chi connectivity index (χ2n) is 12.8. The molecule has 0 saturated carbocycles. The number of benzene rings is 2. The highest BCUT2D eigenvalue weighted by atomic mass is 32.1. The van der Waals surface area contributed by atoms with E-state index in [1.807, 2.05) is 49.6 Å². The lowest BCUT2D eigenvalue weighted by Gasteiger charge is -2.28. The van der Waals surface area contributed by atoms with Crippen LogP contribution in [-0.2, 0) is 4.74 Å². The zero-order valence-electron chi connectivity index (χ0n) is 25.4. The van der Waals surface area contributed by atoms with Gasteiger partial charge in [-0.15, -0.1) is 0 Å². The molecule has 4 heterocycles. The van der Waals surface area contributed by atoms with Gasteiger partial charge in [-0.1, -0.05) is 17.4 Å². The van der Waals surface area contributed by atoms with E-state index in [9.17, 15) is 14.0 Å². The maximum absolute atomic E-state index is 15.4. The van der Waals surface area contributed by atoms with Crippen LogP contribution in [0.15, 0.2) is 42.6 Å². The lowest BCUT2D eigenvalue weighted by atomic mass is 9.96. The van der Waals surface area contributed by atoms with Gasteiger partial charge in [0.1, 0.15) is 17.6 Å². The van der Waals surface area contributed by atoms with Crippen LogP contribution in [0.2, 0.25) is 0 Å². The Morgan fingerprint density at radius 2 is 1.89 bits per heavy atom. The molecule has 234 valence electrons. The smallest absolute Gasteiger partial charge is 0.410 e. The number of ether oxygens (including phenoxy) is 1. The first-order valence-electron chi connectivity index (χ1n) is 15.4. The number of thiazole rings is 1. The van der Waals surface area contributed by atoms with Crippen LogP contribution >= 0.6 is 11.3 Å². The van der Waals surface area contributed by atoms with E-state index in [1.54, 1.807) is 23.1 Å². The number of imidazole rings is 1. The molecule has 0 aliphatic carbocycles. The van der Waals surface area contributed by atoms with Gasteiger partial charge in [-0.05, 0) is 88.9 Å². The van der Waals surface area contributed by atoms with Crippen molar-refractivity contribution in [2.24, 2.45) is 0 Å². The molecular weight excluding hydrogens is 584 g/mol. The summed E-state index contributed by atoms with van der Waals surface area (Å²) in [5.41, 5.74) is 2.75. The molecule has 2 aliphatic heterocycles. The Labute approximate surface area is 260 Å². The molecule has 0 radical (unpaired) electrons. The number of hydrogen-bond donors (Lipinski definition) is 1. The lowest BCUT2D eigenvalue weighted by Crippen LogP contribution is -2.36. The summed E-state index contributed by atoms with van der Waals surface area (Å²) in [5.74, 6) is -0.425. The quantitative estimate of drug-likeness (QED) is 0.234. The van der Waals surface area contributed by atoms with Crippen LogP contribution in [0.3, 0.4) is 0 Å². The SMILES string of the molecule is CC(C)(C)OC(=O)N1CC[C@H](c2ccc(-c3cn4c(n3)sc3cc(C(=O)NCCCN5CCC(F)CC5)ccc34)c(F)c2)C1. The number of nitrogens with one attached hydrogen (secondary N) is 1. The third kappa shape index (κ3) is 6.73. The number of piperidine rings is 1. The second kappa shape index (κ2) is 12.4. The Bertz CT molecular complexity index is 1670. The van der Waals surface area contributed by atoms with E-state index < -0.39 is 11.8 Å². The van der Waals surface area contributed by atoms with E-state index in [1.165, 1.54) is 11.3 Å². The van der Waals surface area contributed by atoms with Gasteiger partial charge in [-0.3, -0.25) is 9.20 Å².